The molecule has 2 aliphatic carbocycles. The molecular formula is C14H14O. The summed E-state index contributed by atoms with van der Waals surface area (Å²) in [6.45, 7) is 9.87. The first-order chi connectivity index (χ1) is 7.16. The quantitative estimate of drug-likeness (QED) is 0.628. The highest BCUT2D eigenvalue weighted by atomic mass is 16.5. The minimum Gasteiger partial charge on any atom is -0.482 e. The van der Waals surface area contributed by atoms with Crippen molar-refractivity contribution in [3.63, 3.8) is 0 Å². The highest BCUT2D eigenvalue weighted by Gasteiger charge is 2.76. The first-order valence-corrected chi connectivity index (χ1v) is 5.24. The van der Waals surface area contributed by atoms with Crippen LogP contribution in [0.4, 0.5) is 0 Å². The highest BCUT2D eigenvalue weighted by molar-refractivity contribution is 5.61. The number of ether oxygens (including phenoxy) is 1. The monoisotopic (exact) mass is 198 g/mol. The van der Waals surface area contributed by atoms with E-state index < -0.39 is 0 Å². The van der Waals surface area contributed by atoms with Gasteiger partial charge in [0.1, 0.15) is 11.4 Å². The van der Waals surface area contributed by atoms with Crippen LogP contribution in [0.2, 0.25) is 0 Å². The van der Waals surface area contributed by atoms with Crippen molar-refractivity contribution in [2.45, 2.75) is 18.9 Å². The van der Waals surface area contributed by atoms with Crippen molar-refractivity contribution in [1.82, 2.24) is 0 Å². The smallest absolute Gasteiger partial charge is 0.145 e. The van der Waals surface area contributed by atoms with Gasteiger partial charge in [0.05, 0.1) is 5.41 Å². The largest absolute Gasteiger partial charge is 0.482 e. The average Bonchev–Trinajstić information content (AvgIpc) is 2.79. The third-order valence-electron chi connectivity index (χ3n) is 3.85. The topological polar surface area (TPSA) is 9.23 Å². The normalized spacial score (nSPS) is 43.1. The van der Waals surface area contributed by atoms with E-state index in [0.717, 1.165) is 12.2 Å². The van der Waals surface area contributed by atoms with E-state index in [-0.39, 0.29) is 11.0 Å². The van der Waals surface area contributed by atoms with Gasteiger partial charge in [-0.05, 0) is 12.5 Å². The van der Waals surface area contributed by atoms with E-state index in [2.05, 4.69) is 38.3 Å². The molecular weight excluding hydrogens is 184 g/mol. The van der Waals surface area contributed by atoms with E-state index in [9.17, 15) is 0 Å². The van der Waals surface area contributed by atoms with Crippen LogP contribution in [0.15, 0.2) is 60.4 Å². The lowest BCUT2D eigenvalue weighted by molar-refractivity contribution is 0.143. The zero-order valence-corrected chi connectivity index (χ0v) is 8.92. The van der Waals surface area contributed by atoms with Crippen molar-refractivity contribution in [2.24, 2.45) is 5.41 Å². The Bertz CT molecular complexity index is 464. The molecule has 1 aliphatic heterocycles. The predicted octanol–water partition coefficient (Wildman–Crippen LogP) is 3.29. The van der Waals surface area contributed by atoms with Crippen LogP contribution >= 0.6 is 0 Å². The molecule has 0 aromatic rings. The second-order valence-electron chi connectivity index (χ2n) is 4.53. The van der Waals surface area contributed by atoms with E-state index in [0.29, 0.717) is 0 Å². The zero-order chi connectivity index (χ0) is 10.7. The van der Waals surface area contributed by atoms with Crippen molar-refractivity contribution < 1.29 is 4.74 Å². The van der Waals surface area contributed by atoms with Gasteiger partial charge in [0.15, 0.2) is 0 Å². The van der Waals surface area contributed by atoms with E-state index in [1.165, 1.54) is 11.1 Å². The van der Waals surface area contributed by atoms with E-state index in [1.54, 1.807) is 0 Å². The summed E-state index contributed by atoms with van der Waals surface area (Å²) in [6.07, 6.45) is 11.4. The Balaban J connectivity index is 2.18. The molecule has 3 aliphatic rings. The van der Waals surface area contributed by atoms with Crippen LogP contribution in [-0.2, 0) is 4.74 Å². The third-order valence-corrected chi connectivity index (χ3v) is 3.85. The fourth-order valence-corrected chi connectivity index (χ4v) is 3.01. The van der Waals surface area contributed by atoms with Gasteiger partial charge in [-0.3, -0.25) is 0 Å². The second kappa shape index (κ2) is 2.35. The lowest BCUT2D eigenvalue weighted by Gasteiger charge is -2.18. The van der Waals surface area contributed by atoms with Crippen molar-refractivity contribution in [2.75, 3.05) is 0 Å². The van der Waals surface area contributed by atoms with Gasteiger partial charge in [-0.15, -0.1) is 0 Å². The predicted molar refractivity (Wildman–Crippen MR) is 61.2 cm³/mol. The van der Waals surface area contributed by atoms with Crippen LogP contribution in [0.3, 0.4) is 0 Å². The van der Waals surface area contributed by atoms with Crippen LogP contribution in [0, 0.1) is 5.41 Å². The van der Waals surface area contributed by atoms with Crippen molar-refractivity contribution in [1.29, 1.82) is 0 Å². The molecule has 0 aromatic carbocycles. The van der Waals surface area contributed by atoms with E-state index >= 15 is 0 Å². The summed E-state index contributed by atoms with van der Waals surface area (Å²) in [5.74, 6) is 0.806. The Morgan fingerprint density at radius 3 is 3.07 bits per heavy atom. The van der Waals surface area contributed by atoms with Gasteiger partial charge in [-0.1, -0.05) is 43.5 Å². The van der Waals surface area contributed by atoms with Crippen molar-refractivity contribution in [3.05, 3.63) is 60.4 Å². The summed E-state index contributed by atoms with van der Waals surface area (Å²) in [7, 11) is 0. The standard InChI is InChI=1S/C14H14O/c1-4-6-12-11(3)15-14-9-13(12,14)8-5-7-10(14)2/h4-8H,1,3,9H2,2H3/b12-6+. The molecule has 2 fully saturated rings. The van der Waals surface area contributed by atoms with Gasteiger partial charge in [0.2, 0.25) is 0 Å². The van der Waals surface area contributed by atoms with E-state index in [1.807, 2.05) is 12.2 Å². The van der Waals surface area contributed by atoms with Gasteiger partial charge in [-0.2, -0.15) is 0 Å². The number of allylic oxidation sites excluding steroid dienone is 5. The Hall–Kier alpha value is -1.50. The fourth-order valence-electron chi connectivity index (χ4n) is 3.01. The Kier molecular flexibility index (Phi) is 1.38. The molecule has 1 nitrogen and oxygen atoms in total. The number of hydrogen-bond acceptors (Lipinski definition) is 1. The highest BCUT2D eigenvalue weighted by Crippen LogP contribution is 2.74. The molecule has 2 atom stereocenters. The first kappa shape index (κ1) is 8.78. The van der Waals surface area contributed by atoms with E-state index in [4.69, 9.17) is 4.74 Å². The van der Waals surface area contributed by atoms with Crippen molar-refractivity contribution >= 4 is 0 Å². The summed E-state index contributed by atoms with van der Waals surface area (Å²) in [5.41, 5.74) is 2.46. The maximum atomic E-state index is 5.96. The molecule has 0 N–H and O–H groups in total. The van der Waals surface area contributed by atoms with Gasteiger partial charge < -0.3 is 4.74 Å². The summed E-state index contributed by atoms with van der Waals surface area (Å²) >= 11 is 0. The molecule has 1 heteroatoms. The third kappa shape index (κ3) is 0.763. The molecule has 0 radical (unpaired) electrons. The average molecular weight is 198 g/mol. The number of hydrogen-bond donors (Lipinski definition) is 0. The van der Waals surface area contributed by atoms with Crippen molar-refractivity contribution in [3.8, 4) is 0 Å². The molecule has 3 rings (SSSR count). The van der Waals surface area contributed by atoms with Crippen LogP contribution in [-0.4, -0.2) is 5.60 Å². The Morgan fingerprint density at radius 2 is 2.33 bits per heavy atom. The minimum atomic E-state index is -0.103. The van der Waals surface area contributed by atoms with Crippen LogP contribution in [0.1, 0.15) is 13.3 Å². The second-order valence-corrected chi connectivity index (χ2v) is 4.53. The summed E-state index contributed by atoms with van der Waals surface area (Å²) < 4.78 is 5.96. The van der Waals surface area contributed by atoms with Crippen LogP contribution in [0.5, 0.6) is 0 Å². The van der Waals surface area contributed by atoms with Gasteiger partial charge in [0.25, 0.3) is 0 Å². The molecule has 0 spiro atoms. The lowest BCUT2D eigenvalue weighted by Crippen LogP contribution is -2.19. The van der Waals surface area contributed by atoms with Crippen LogP contribution in [0.25, 0.3) is 0 Å². The zero-order valence-electron chi connectivity index (χ0n) is 8.92. The summed E-state index contributed by atoms with van der Waals surface area (Å²) in [6, 6.07) is 0. The molecule has 0 amide bonds. The number of rotatable bonds is 1. The molecule has 1 heterocycles. The van der Waals surface area contributed by atoms with Crippen LogP contribution < -0.4 is 0 Å². The fraction of sp³-hybridized carbons (Fsp3) is 0.286. The Labute approximate surface area is 90.1 Å². The maximum absolute atomic E-state index is 5.96. The van der Waals surface area contributed by atoms with Gasteiger partial charge >= 0.3 is 0 Å². The summed E-state index contributed by atoms with van der Waals surface area (Å²) in [5, 5.41) is 0. The lowest BCUT2D eigenvalue weighted by atomic mass is 9.87. The molecule has 0 aromatic heterocycles. The molecule has 2 unspecified atom stereocenters. The molecule has 0 bridgehead atoms. The SMILES string of the molecule is C=C/C=C1\C(=C)OC23CC12C=CC=C3C. The molecule has 1 saturated heterocycles. The summed E-state index contributed by atoms with van der Waals surface area (Å²) in [4.78, 5) is 0. The molecule has 15 heavy (non-hydrogen) atoms. The first-order valence-electron chi connectivity index (χ1n) is 5.24. The molecule has 1 saturated carbocycles. The minimum absolute atomic E-state index is 0.0666. The van der Waals surface area contributed by atoms with Gasteiger partial charge in [0, 0.05) is 12.0 Å². The Morgan fingerprint density at radius 1 is 1.53 bits per heavy atom. The van der Waals surface area contributed by atoms with Gasteiger partial charge in [-0.25, -0.2) is 0 Å². The maximum Gasteiger partial charge on any atom is 0.145 e. The molecule has 76 valence electrons.